The molecule has 0 aliphatic heterocycles. The van der Waals surface area contributed by atoms with Crippen LogP contribution in [0.25, 0.3) is 6.08 Å². The van der Waals surface area contributed by atoms with Crippen LogP contribution in [-0.4, -0.2) is 35.5 Å². The minimum absolute atomic E-state index is 0.0935. The minimum Gasteiger partial charge on any atom is -0.462 e. The Kier molecular flexibility index (Phi) is 11.7. The number of amides is 3. The molecule has 0 aliphatic carbocycles. The van der Waals surface area contributed by atoms with Crippen molar-refractivity contribution in [2.75, 3.05) is 17.2 Å². The molecule has 0 bridgehead atoms. The van der Waals surface area contributed by atoms with E-state index < -0.39 is 23.0 Å². The zero-order valence-corrected chi connectivity index (χ0v) is 26.1. The van der Waals surface area contributed by atoms with Crippen molar-refractivity contribution < 1.29 is 23.9 Å². The van der Waals surface area contributed by atoms with Crippen molar-refractivity contribution in [3.8, 4) is 0 Å². The Bertz CT molecular complexity index is 1690. The summed E-state index contributed by atoms with van der Waals surface area (Å²) in [7, 11) is 0. The van der Waals surface area contributed by atoms with Crippen molar-refractivity contribution in [1.29, 1.82) is 0 Å². The summed E-state index contributed by atoms with van der Waals surface area (Å²) < 4.78 is 5.01. The number of carbonyl (C=O) groups excluding carboxylic acids is 4. The van der Waals surface area contributed by atoms with Gasteiger partial charge in [0.2, 0.25) is 5.91 Å². The largest absolute Gasteiger partial charge is 0.462 e. The first-order valence-corrected chi connectivity index (χ1v) is 15.4. The molecule has 3 N–H and O–H groups in total. The van der Waals surface area contributed by atoms with Gasteiger partial charge in [-0.3, -0.25) is 14.4 Å². The maximum atomic E-state index is 13.5. The van der Waals surface area contributed by atoms with Gasteiger partial charge in [0.25, 0.3) is 11.8 Å². The van der Waals surface area contributed by atoms with Gasteiger partial charge in [0, 0.05) is 21.8 Å². The summed E-state index contributed by atoms with van der Waals surface area (Å²) >= 11 is 1.37. The highest BCUT2D eigenvalue weighted by molar-refractivity contribution is 8.00. The predicted octanol–water partition coefficient (Wildman–Crippen LogP) is 7.09. The number of rotatable bonds is 12. The number of esters is 1. The first-order chi connectivity index (χ1) is 21.8. The van der Waals surface area contributed by atoms with Crippen molar-refractivity contribution in [2.45, 2.75) is 37.3 Å². The smallest absolute Gasteiger partial charge is 0.338 e. The molecule has 4 rings (SSSR count). The summed E-state index contributed by atoms with van der Waals surface area (Å²) in [5.74, 6) is -1.49. The fourth-order valence-corrected chi connectivity index (χ4v) is 5.32. The quantitative estimate of drug-likeness (QED) is 0.0884. The van der Waals surface area contributed by atoms with E-state index in [2.05, 4.69) is 16.0 Å². The number of ether oxygens (including phenoxy) is 1. The van der Waals surface area contributed by atoms with Gasteiger partial charge in [0.05, 0.1) is 17.4 Å². The van der Waals surface area contributed by atoms with Crippen LogP contribution in [0.1, 0.15) is 52.1 Å². The Labute approximate surface area is 267 Å². The standard InChI is InChI=1S/C36H35N3O5S/c1-4-32(35(42)37-28-20-18-26(19-21-28)36(43)44-5-2)45-30-17-11-16-29(23-30)38-34(41)31(22-27-15-10-9-12-24(27)3)39-33(40)25-13-7-6-8-14-25/h6-23,32H,4-5H2,1-3H3,(H,37,42)(H,38,41)(H,39,40)/b31-22-. The van der Waals surface area contributed by atoms with E-state index in [1.165, 1.54) is 11.8 Å². The molecule has 3 amide bonds. The van der Waals surface area contributed by atoms with Crippen LogP contribution in [0.2, 0.25) is 0 Å². The van der Waals surface area contributed by atoms with Crippen LogP contribution in [0.15, 0.2) is 114 Å². The number of aryl methyl sites for hydroxylation is 1. The highest BCUT2D eigenvalue weighted by atomic mass is 32.2. The third-order valence-electron chi connectivity index (χ3n) is 6.71. The molecule has 0 aliphatic rings. The van der Waals surface area contributed by atoms with Gasteiger partial charge in [-0.25, -0.2) is 4.79 Å². The number of thioether (sulfide) groups is 1. The lowest BCUT2D eigenvalue weighted by Crippen LogP contribution is -2.30. The fraction of sp³-hybridized carbons (Fsp3) is 0.167. The molecular weight excluding hydrogens is 586 g/mol. The summed E-state index contributed by atoms with van der Waals surface area (Å²) in [4.78, 5) is 52.3. The van der Waals surface area contributed by atoms with Crippen molar-refractivity contribution in [2.24, 2.45) is 0 Å². The second-order valence-electron chi connectivity index (χ2n) is 10.0. The van der Waals surface area contributed by atoms with Crippen LogP contribution >= 0.6 is 11.8 Å². The molecule has 9 heteroatoms. The van der Waals surface area contributed by atoms with Crippen LogP contribution in [-0.2, 0) is 14.3 Å². The molecule has 0 radical (unpaired) electrons. The van der Waals surface area contributed by atoms with Crippen LogP contribution in [0.5, 0.6) is 0 Å². The topological polar surface area (TPSA) is 114 Å². The van der Waals surface area contributed by atoms with Crippen molar-refractivity contribution in [3.05, 3.63) is 131 Å². The molecule has 45 heavy (non-hydrogen) atoms. The van der Waals surface area contributed by atoms with Gasteiger partial charge in [-0.15, -0.1) is 11.8 Å². The average molecular weight is 622 g/mol. The Hall–Kier alpha value is -5.15. The summed E-state index contributed by atoms with van der Waals surface area (Å²) in [6, 6.07) is 30.0. The zero-order valence-electron chi connectivity index (χ0n) is 25.3. The first kappa shape index (κ1) is 32.8. The molecule has 0 saturated heterocycles. The molecule has 0 spiro atoms. The molecule has 4 aromatic rings. The molecule has 0 heterocycles. The van der Waals surface area contributed by atoms with E-state index in [9.17, 15) is 19.2 Å². The molecule has 0 fully saturated rings. The summed E-state index contributed by atoms with van der Waals surface area (Å²) in [6.07, 6.45) is 2.21. The summed E-state index contributed by atoms with van der Waals surface area (Å²) in [5.41, 5.74) is 3.76. The molecule has 0 saturated carbocycles. The van der Waals surface area contributed by atoms with Crippen molar-refractivity contribution in [3.63, 3.8) is 0 Å². The molecule has 4 aromatic carbocycles. The number of carbonyl (C=O) groups is 4. The molecule has 1 atom stereocenters. The Morgan fingerprint density at radius 3 is 2.18 bits per heavy atom. The van der Waals surface area contributed by atoms with E-state index in [1.54, 1.807) is 79.7 Å². The van der Waals surface area contributed by atoms with Crippen molar-refractivity contribution in [1.82, 2.24) is 5.32 Å². The van der Waals surface area contributed by atoms with Gasteiger partial charge >= 0.3 is 5.97 Å². The van der Waals surface area contributed by atoms with E-state index >= 15 is 0 Å². The molecule has 8 nitrogen and oxygen atoms in total. The summed E-state index contributed by atoms with van der Waals surface area (Å²) in [6.45, 7) is 5.88. The third kappa shape index (κ3) is 9.42. The zero-order chi connectivity index (χ0) is 32.2. The van der Waals surface area contributed by atoms with E-state index in [4.69, 9.17) is 4.74 Å². The molecule has 0 aromatic heterocycles. The maximum absolute atomic E-state index is 13.5. The lowest BCUT2D eigenvalue weighted by molar-refractivity contribution is -0.116. The van der Waals surface area contributed by atoms with E-state index in [-0.39, 0.29) is 18.2 Å². The number of anilines is 2. The number of hydrogen-bond donors (Lipinski definition) is 3. The van der Waals surface area contributed by atoms with E-state index in [1.807, 2.05) is 50.2 Å². The fourth-order valence-electron chi connectivity index (χ4n) is 4.31. The lowest BCUT2D eigenvalue weighted by Gasteiger charge is -2.16. The predicted molar refractivity (Wildman–Crippen MR) is 179 cm³/mol. The number of hydrogen-bond acceptors (Lipinski definition) is 6. The average Bonchev–Trinajstić information content (AvgIpc) is 3.05. The van der Waals surface area contributed by atoms with Gasteiger partial charge < -0.3 is 20.7 Å². The molecule has 1 unspecified atom stereocenters. The summed E-state index contributed by atoms with van der Waals surface area (Å²) in [5, 5.41) is 8.14. The first-order valence-electron chi connectivity index (χ1n) is 14.6. The highest BCUT2D eigenvalue weighted by Gasteiger charge is 2.20. The van der Waals surface area contributed by atoms with Crippen LogP contribution < -0.4 is 16.0 Å². The number of benzene rings is 4. The normalized spacial score (nSPS) is 11.7. The molecule has 230 valence electrons. The number of nitrogens with one attached hydrogen (secondary N) is 3. The van der Waals surface area contributed by atoms with Gasteiger partial charge in [-0.05, 0) is 92.1 Å². The Morgan fingerprint density at radius 1 is 0.778 bits per heavy atom. The minimum atomic E-state index is -0.485. The van der Waals surface area contributed by atoms with Gasteiger partial charge in [-0.1, -0.05) is 55.5 Å². The van der Waals surface area contributed by atoms with Crippen LogP contribution in [0.3, 0.4) is 0 Å². The maximum Gasteiger partial charge on any atom is 0.338 e. The van der Waals surface area contributed by atoms with E-state index in [0.717, 1.165) is 16.0 Å². The van der Waals surface area contributed by atoms with Crippen LogP contribution in [0.4, 0.5) is 11.4 Å². The second-order valence-corrected chi connectivity index (χ2v) is 11.3. The van der Waals surface area contributed by atoms with E-state index in [0.29, 0.717) is 28.9 Å². The lowest BCUT2D eigenvalue weighted by atomic mass is 10.1. The van der Waals surface area contributed by atoms with Crippen LogP contribution in [0, 0.1) is 6.92 Å². The molecular formula is C36H35N3O5S. The van der Waals surface area contributed by atoms with Gasteiger partial charge in [0.15, 0.2) is 0 Å². The third-order valence-corrected chi connectivity index (χ3v) is 8.07. The second kappa shape index (κ2) is 16.1. The Balaban J connectivity index is 1.46. The Morgan fingerprint density at radius 2 is 1.49 bits per heavy atom. The SMILES string of the molecule is CCOC(=O)c1ccc(NC(=O)C(CC)Sc2cccc(NC(=O)/C(=C/c3ccccc3C)NC(=O)c3ccccc3)c2)cc1. The van der Waals surface area contributed by atoms with Gasteiger partial charge in [-0.2, -0.15) is 0 Å². The highest BCUT2D eigenvalue weighted by Crippen LogP contribution is 2.29. The van der Waals surface area contributed by atoms with Crippen molar-refractivity contribution >= 4 is 52.9 Å². The monoisotopic (exact) mass is 621 g/mol. The van der Waals surface area contributed by atoms with Gasteiger partial charge in [0.1, 0.15) is 5.70 Å².